The molecule has 1 saturated heterocycles. The Morgan fingerprint density at radius 3 is 2.38 bits per heavy atom. The highest BCUT2D eigenvalue weighted by Gasteiger charge is 2.21. The molecular weight excluding hydrogens is 204 g/mol. The Balaban J connectivity index is 2.14. The van der Waals surface area contributed by atoms with Gasteiger partial charge >= 0.3 is 0 Å². The van der Waals surface area contributed by atoms with Crippen molar-refractivity contribution in [1.82, 2.24) is 15.1 Å². The molecule has 0 aromatic heterocycles. The van der Waals surface area contributed by atoms with Crippen LogP contribution in [-0.2, 0) is 4.79 Å². The standard InChI is InChI=1S/C11H24N4O/c1-11(2,12)10(16)13-4-5-15-8-6-14(3)7-9-15/h4-9,12H2,1-3H3,(H,13,16). The summed E-state index contributed by atoms with van der Waals surface area (Å²) in [6.07, 6.45) is 0. The van der Waals surface area contributed by atoms with Crippen molar-refractivity contribution in [2.45, 2.75) is 19.4 Å². The van der Waals surface area contributed by atoms with Crippen molar-refractivity contribution in [1.29, 1.82) is 0 Å². The van der Waals surface area contributed by atoms with Crippen LogP contribution in [0.3, 0.4) is 0 Å². The first-order valence-electron chi connectivity index (χ1n) is 5.87. The predicted molar refractivity (Wildman–Crippen MR) is 65.2 cm³/mol. The molecule has 0 unspecified atom stereocenters. The van der Waals surface area contributed by atoms with Crippen LogP contribution >= 0.6 is 0 Å². The van der Waals surface area contributed by atoms with Gasteiger partial charge in [-0.05, 0) is 20.9 Å². The minimum atomic E-state index is -0.776. The van der Waals surface area contributed by atoms with Crippen LogP contribution in [0.5, 0.6) is 0 Å². The number of hydrogen-bond donors (Lipinski definition) is 2. The van der Waals surface area contributed by atoms with Crippen LogP contribution in [0.4, 0.5) is 0 Å². The van der Waals surface area contributed by atoms with Crippen molar-refractivity contribution in [3.63, 3.8) is 0 Å². The molecule has 1 aliphatic rings. The lowest BCUT2D eigenvalue weighted by molar-refractivity contribution is -0.125. The maximum absolute atomic E-state index is 11.5. The van der Waals surface area contributed by atoms with E-state index in [0.29, 0.717) is 6.54 Å². The van der Waals surface area contributed by atoms with Crippen LogP contribution in [0.1, 0.15) is 13.8 Å². The topological polar surface area (TPSA) is 61.6 Å². The van der Waals surface area contributed by atoms with Gasteiger partial charge in [0.05, 0.1) is 5.54 Å². The van der Waals surface area contributed by atoms with Crippen LogP contribution in [0.15, 0.2) is 0 Å². The van der Waals surface area contributed by atoms with Gasteiger partial charge in [-0.3, -0.25) is 9.69 Å². The molecule has 16 heavy (non-hydrogen) atoms. The lowest BCUT2D eigenvalue weighted by Crippen LogP contribution is -2.52. The molecule has 1 fully saturated rings. The van der Waals surface area contributed by atoms with Gasteiger partial charge in [0.2, 0.25) is 5.91 Å². The average Bonchev–Trinajstić information content (AvgIpc) is 2.19. The van der Waals surface area contributed by atoms with E-state index in [1.54, 1.807) is 13.8 Å². The summed E-state index contributed by atoms with van der Waals surface area (Å²) in [6.45, 7) is 9.42. The summed E-state index contributed by atoms with van der Waals surface area (Å²) in [5, 5.41) is 2.86. The van der Waals surface area contributed by atoms with Crippen LogP contribution in [0, 0.1) is 0 Å². The molecule has 0 aliphatic carbocycles. The Morgan fingerprint density at radius 2 is 1.88 bits per heavy atom. The Hall–Kier alpha value is -0.650. The number of hydrogen-bond acceptors (Lipinski definition) is 4. The number of rotatable bonds is 4. The van der Waals surface area contributed by atoms with E-state index in [1.807, 2.05) is 0 Å². The number of piperazine rings is 1. The van der Waals surface area contributed by atoms with Crippen molar-refractivity contribution in [3.8, 4) is 0 Å². The smallest absolute Gasteiger partial charge is 0.239 e. The Kier molecular flexibility index (Phi) is 4.70. The fourth-order valence-corrected chi connectivity index (χ4v) is 1.63. The van der Waals surface area contributed by atoms with Gasteiger partial charge in [0, 0.05) is 39.3 Å². The fraction of sp³-hybridized carbons (Fsp3) is 0.909. The zero-order chi connectivity index (χ0) is 12.2. The number of nitrogens with two attached hydrogens (primary N) is 1. The summed E-state index contributed by atoms with van der Waals surface area (Å²) in [6, 6.07) is 0. The van der Waals surface area contributed by atoms with Crippen molar-refractivity contribution >= 4 is 5.91 Å². The molecule has 0 atom stereocenters. The minimum absolute atomic E-state index is 0.0818. The second kappa shape index (κ2) is 5.61. The van der Waals surface area contributed by atoms with Gasteiger partial charge in [0.25, 0.3) is 0 Å². The number of nitrogens with zero attached hydrogens (tertiary/aromatic N) is 2. The molecule has 1 heterocycles. The van der Waals surface area contributed by atoms with Crippen LogP contribution in [0.25, 0.3) is 0 Å². The maximum Gasteiger partial charge on any atom is 0.239 e. The molecule has 0 aromatic rings. The Bertz CT molecular complexity index is 229. The molecule has 5 heteroatoms. The molecule has 5 nitrogen and oxygen atoms in total. The molecule has 1 aliphatic heterocycles. The molecule has 0 radical (unpaired) electrons. The summed E-state index contributed by atoms with van der Waals surface area (Å²) in [5.41, 5.74) is 4.91. The second-order valence-electron chi connectivity index (χ2n) is 5.12. The normalized spacial score (nSPS) is 19.8. The van der Waals surface area contributed by atoms with E-state index < -0.39 is 5.54 Å². The van der Waals surface area contributed by atoms with Gasteiger partial charge in [-0.25, -0.2) is 0 Å². The SMILES string of the molecule is CN1CCN(CCNC(=O)C(C)(C)N)CC1. The summed E-state index contributed by atoms with van der Waals surface area (Å²) < 4.78 is 0. The van der Waals surface area contributed by atoms with Crippen LogP contribution in [0.2, 0.25) is 0 Å². The van der Waals surface area contributed by atoms with E-state index in [-0.39, 0.29) is 5.91 Å². The van der Waals surface area contributed by atoms with Gasteiger partial charge in [-0.1, -0.05) is 0 Å². The number of carbonyl (C=O) groups is 1. The van der Waals surface area contributed by atoms with E-state index in [4.69, 9.17) is 5.73 Å². The third kappa shape index (κ3) is 4.47. The highest BCUT2D eigenvalue weighted by molar-refractivity contribution is 5.84. The Morgan fingerprint density at radius 1 is 1.31 bits per heavy atom. The summed E-state index contributed by atoms with van der Waals surface area (Å²) in [4.78, 5) is 16.2. The van der Waals surface area contributed by atoms with Gasteiger partial charge in [-0.15, -0.1) is 0 Å². The molecule has 0 saturated carbocycles. The largest absolute Gasteiger partial charge is 0.353 e. The summed E-state index contributed by atoms with van der Waals surface area (Å²) >= 11 is 0. The summed E-state index contributed by atoms with van der Waals surface area (Å²) in [5.74, 6) is -0.0818. The highest BCUT2D eigenvalue weighted by atomic mass is 16.2. The van der Waals surface area contributed by atoms with E-state index >= 15 is 0 Å². The monoisotopic (exact) mass is 228 g/mol. The predicted octanol–water partition coefficient (Wildman–Crippen LogP) is -0.913. The van der Waals surface area contributed by atoms with Crippen molar-refractivity contribution in [2.24, 2.45) is 5.73 Å². The van der Waals surface area contributed by atoms with Gasteiger partial charge in [0.1, 0.15) is 0 Å². The molecule has 3 N–H and O–H groups in total. The molecular formula is C11H24N4O. The molecule has 1 amide bonds. The van der Waals surface area contributed by atoms with Crippen molar-refractivity contribution in [2.75, 3.05) is 46.3 Å². The first-order valence-corrected chi connectivity index (χ1v) is 5.87. The van der Waals surface area contributed by atoms with Gasteiger partial charge < -0.3 is 16.0 Å². The molecule has 0 aromatic carbocycles. The third-order valence-electron chi connectivity index (χ3n) is 2.89. The lowest BCUT2D eigenvalue weighted by atomic mass is 10.1. The third-order valence-corrected chi connectivity index (χ3v) is 2.89. The summed E-state index contributed by atoms with van der Waals surface area (Å²) in [7, 11) is 2.13. The number of amides is 1. The first kappa shape index (κ1) is 13.4. The van der Waals surface area contributed by atoms with E-state index in [0.717, 1.165) is 32.7 Å². The highest BCUT2D eigenvalue weighted by Crippen LogP contribution is 1.98. The maximum atomic E-state index is 11.5. The van der Waals surface area contributed by atoms with E-state index in [9.17, 15) is 4.79 Å². The van der Waals surface area contributed by atoms with E-state index in [1.165, 1.54) is 0 Å². The Labute approximate surface area is 98.0 Å². The lowest BCUT2D eigenvalue weighted by Gasteiger charge is -2.32. The average molecular weight is 228 g/mol. The van der Waals surface area contributed by atoms with Gasteiger partial charge in [-0.2, -0.15) is 0 Å². The number of nitrogens with one attached hydrogen (secondary N) is 1. The molecule has 0 bridgehead atoms. The zero-order valence-electron chi connectivity index (χ0n) is 10.6. The van der Waals surface area contributed by atoms with Crippen molar-refractivity contribution < 1.29 is 4.79 Å². The minimum Gasteiger partial charge on any atom is -0.353 e. The number of carbonyl (C=O) groups excluding carboxylic acids is 1. The quantitative estimate of drug-likeness (QED) is 0.654. The van der Waals surface area contributed by atoms with Crippen molar-refractivity contribution in [3.05, 3.63) is 0 Å². The first-order chi connectivity index (χ1) is 7.39. The van der Waals surface area contributed by atoms with Gasteiger partial charge in [0.15, 0.2) is 0 Å². The molecule has 0 spiro atoms. The molecule has 94 valence electrons. The number of likely N-dealkylation sites (N-methyl/N-ethyl adjacent to an activating group) is 1. The molecule has 1 rings (SSSR count). The zero-order valence-corrected chi connectivity index (χ0v) is 10.6. The second-order valence-corrected chi connectivity index (χ2v) is 5.12. The van der Waals surface area contributed by atoms with E-state index in [2.05, 4.69) is 22.2 Å². The fourth-order valence-electron chi connectivity index (χ4n) is 1.63. The van der Waals surface area contributed by atoms with Crippen LogP contribution < -0.4 is 11.1 Å². The van der Waals surface area contributed by atoms with Crippen LogP contribution in [-0.4, -0.2) is 67.6 Å².